The standard InChI is InChI=1S/C14H20N2/c1-2-3-4-5-10-16-11-9-12-7-6-8-13(15)14(12)16/h6-9,11H,2-5,10,15H2,1H3. The van der Waals surface area contributed by atoms with E-state index in [-0.39, 0.29) is 0 Å². The van der Waals surface area contributed by atoms with Crippen LogP contribution in [0.5, 0.6) is 0 Å². The van der Waals surface area contributed by atoms with Gasteiger partial charge < -0.3 is 10.3 Å². The molecule has 0 saturated carbocycles. The molecule has 2 nitrogen and oxygen atoms in total. The lowest BCUT2D eigenvalue weighted by atomic mass is 10.2. The maximum Gasteiger partial charge on any atom is 0.0713 e. The van der Waals surface area contributed by atoms with E-state index < -0.39 is 0 Å². The number of para-hydroxylation sites is 1. The number of aryl methyl sites for hydroxylation is 1. The number of rotatable bonds is 5. The zero-order valence-electron chi connectivity index (χ0n) is 9.95. The van der Waals surface area contributed by atoms with E-state index in [0.717, 1.165) is 12.2 Å². The van der Waals surface area contributed by atoms with E-state index in [2.05, 4.69) is 29.8 Å². The van der Waals surface area contributed by atoms with Crippen LogP contribution in [-0.2, 0) is 6.54 Å². The van der Waals surface area contributed by atoms with Crippen molar-refractivity contribution in [3.63, 3.8) is 0 Å². The van der Waals surface area contributed by atoms with Gasteiger partial charge >= 0.3 is 0 Å². The molecule has 0 atom stereocenters. The van der Waals surface area contributed by atoms with Gasteiger partial charge in [-0.2, -0.15) is 0 Å². The molecule has 0 amide bonds. The number of anilines is 1. The molecular weight excluding hydrogens is 196 g/mol. The van der Waals surface area contributed by atoms with Crippen LogP contribution in [0.25, 0.3) is 10.9 Å². The molecule has 2 N–H and O–H groups in total. The first-order valence-electron chi connectivity index (χ1n) is 6.16. The molecule has 16 heavy (non-hydrogen) atoms. The molecule has 0 aliphatic heterocycles. The fourth-order valence-corrected chi connectivity index (χ4v) is 2.19. The zero-order valence-corrected chi connectivity index (χ0v) is 9.95. The van der Waals surface area contributed by atoms with Crippen LogP contribution in [0.1, 0.15) is 32.6 Å². The second kappa shape index (κ2) is 5.06. The van der Waals surface area contributed by atoms with E-state index in [1.54, 1.807) is 0 Å². The first-order valence-corrected chi connectivity index (χ1v) is 6.16. The predicted octanol–water partition coefficient (Wildman–Crippen LogP) is 3.80. The first-order chi connectivity index (χ1) is 7.83. The molecule has 86 valence electrons. The molecule has 2 aromatic rings. The van der Waals surface area contributed by atoms with Crippen molar-refractivity contribution in [2.75, 3.05) is 5.73 Å². The lowest BCUT2D eigenvalue weighted by molar-refractivity contribution is 0.594. The molecule has 0 radical (unpaired) electrons. The largest absolute Gasteiger partial charge is 0.397 e. The fourth-order valence-electron chi connectivity index (χ4n) is 2.19. The highest BCUT2D eigenvalue weighted by Gasteiger charge is 2.03. The van der Waals surface area contributed by atoms with E-state index in [1.165, 1.54) is 36.6 Å². The molecule has 1 aromatic carbocycles. The summed E-state index contributed by atoms with van der Waals surface area (Å²) in [6, 6.07) is 8.25. The molecule has 0 unspecified atom stereocenters. The van der Waals surface area contributed by atoms with Crippen LogP contribution in [-0.4, -0.2) is 4.57 Å². The van der Waals surface area contributed by atoms with Gasteiger partial charge in [-0.3, -0.25) is 0 Å². The maximum absolute atomic E-state index is 6.01. The van der Waals surface area contributed by atoms with Gasteiger partial charge in [0.2, 0.25) is 0 Å². The summed E-state index contributed by atoms with van der Waals surface area (Å²) in [7, 11) is 0. The quantitative estimate of drug-likeness (QED) is 0.598. The molecule has 0 spiro atoms. The van der Waals surface area contributed by atoms with Crippen molar-refractivity contribution < 1.29 is 0 Å². The van der Waals surface area contributed by atoms with Gasteiger partial charge in [-0.15, -0.1) is 0 Å². The summed E-state index contributed by atoms with van der Waals surface area (Å²) in [5.41, 5.74) is 8.09. The summed E-state index contributed by atoms with van der Waals surface area (Å²) in [5, 5.41) is 1.25. The average Bonchev–Trinajstić information content (AvgIpc) is 2.69. The number of fused-ring (bicyclic) bond motifs is 1. The van der Waals surface area contributed by atoms with E-state index >= 15 is 0 Å². The van der Waals surface area contributed by atoms with Crippen molar-refractivity contribution in [3.05, 3.63) is 30.5 Å². The minimum absolute atomic E-state index is 0.887. The molecule has 1 aromatic heterocycles. The normalized spacial score (nSPS) is 11.1. The van der Waals surface area contributed by atoms with Crippen molar-refractivity contribution in [3.8, 4) is 0 Å². The highest BCUT2D eigenvalue weighted by atomic mass is 15.0. The van der Waals surface area contributed by atoms with Crippen LogP contribution in [0, 0.1) is 0 Å². The monoisotopic (exact) mass is 216 g/mol. The molecular formula is C14H20N2. The molecule has 2 heteroatoms. The highest BCUT2D eigenvalue weighted by molar-refractivity contribution is 5.90. The Morgan fingerprint density at radius 2 is 2.00 bits per heavy atom. The summed E-state index contributed by atoms with van der Waals surface area (Å²) >= 11 is 0. The van der Waals surface area contributed by atoms with Crippen molar-refractivity contribution in [2.24, 2.45) is 0 Å². The summed E-state index contributed by atoms with van der Waals surface area (Å²) < 4.78 is 2.28. The van der Waals surface area contributed by atoms with E-state index in [0.29, 0.717) is 0 Å². The molecule has 0 saturated heterocycles. The second-order valence-corrected chi connectivity index (χ2v) is 4.35. The van der Waals surface area contributed by atoms with Crippen molar-refractivity contribution >= 4 is 16.6 Å². The van der Waals surface area contributed by atoms with E-state index in [4.69, 9.17) is 5.73 Å². The molecule has 0 bridgehead atoms. The minimum atomic E-state index is 0.887. The Morgan fingerprint density at radius 3 is 2.81 bits per heavy atom. The number of aromatic nitrogens is 1. The zero-order chi connectivity index (χ0) is 11.4. The Kier molecular flexibility index (Phi) is 3.50. The number of unbranched alkanes of at least 4 members (excludes halogenated alkanes) is 3. The van der Waals surface area contributed by atoms with Gasteiger partial charge in [0, 0.05) is 18.1 Å². The number of nitrogen functional groups attached to an aromatic ring is 1. The van der Waals surface area contributed by atoms with Gasteiger partial charge in [-0.25, -0.2) is 0 Å². The third-order valence-corrected chi connectivity index (χ3v) is 3.07. The Labute approximate surface area is 97.1 Å². The van der Waals surface area contributed by atoms with E-state index in [9.17, 15) is 0 Å². The number of hydrogen-bond acceptors (Lipinski definition) is 1. The van der Waals surface area contributed by atoms with Gasteiger partial charge in [-0.1, -0.05) is 38.3 Å². The number of nitrogens with two attached hydrogens (primary N) is 1. The molecule has 0 aliphatic carbocycles. The van der Waals surface area contributed by atoms with Crippen LogP contribution in [0.15, 0.2) is 30.5 Å². The van der Waals surface area contributed by atoms with Crippen LogP contribution in [0.3, 0.4) is 0 Å². The third-order valence-electron chi connectivity index (χ3n) is 3.07. The summed E-state index contributed by atoms with van der Waals surface area (Å²) in [6.07, 6.45) is 7.31. The van der Waals surface area contributed by atoms with Gasteiger partial charge in [0.15, 0.2) is 0 Å². The molecule has 1 heterocycles. The first kappa shape index (κ1) is 11.1. The van der Waals surface area contributed by atoms with Crippen LogP contribution < -0.4 is 5.73 Å². The number of benzene rings is 1. The fraction of sp³-hybridized carbons (Fsp3) is 0.429. The molecule has 0 fully saturated rings. The Hall–Kier alpha value is -1.44. The summed E-state index contributed by atoms with van der Waals surface area (Å²) in [5.74, 6) is 0. The summed E-state index contributed by atoms with van der Waals surface area (Å²) in [6.45, 7) is 3.32. The Balaban J connectivity index is 2.12. The van der Waals surface area contributed by atoms with Crippen molar-refractivity contribution in [1.82, 2.24) is 4.57 Å². The smallest absolute Gasteiger partial charge is 0.0713 e. The Morgan fingerprint density at radius 1 is 1.12 bits per heavy atom. The van der Waals surface area contributed by atoms with Gasteiger partial charge in [-0.05, 0) is 18.6 Å². The number of hydrogen-bond donors (Lipinski definition) is 1. The predicted molar refractivity (Wildman–Crippen MR) is 70.5 cm³/mol. The topological polar surface area (TPSA) is 30.9 Å². The van der Waals surface area contributed by atoms with Gasteiger partial charge in [0.1, 0.15) is 0 Å². The van der Waals surface area contributed by atoms with Crippen LogP contribution >= 0.6 is 0 Å². The second-order valence-electron chi connectivity index (χ2n) is 4.35. The van der Waals surface area contributed by atoms with Crippen molar-refractivity contribution in [2.45, 2.75) is 39.2 Å². The highest BCUT2D eigenvalue weighted by Crippen LogP contribution is 2.22. The maximum atomic E-state index is 6.01. The molecule has 2 rings (SSSR count). The number of nitrogens with zero attached hydrogens (tertiary/aromatic N) is 1. The van der Waals surface area contributed by atoms with Gasteiger partial charge in [0.25, 0.3) is 0 Å². The lowest BCUT2D eigenvalue weighted by Crippen LogP contribution is -1.98. The SMILES string of the molecule is CCCCCCn1ccc2cccc(N)c21. The summed E-state index contributed by atoms with van der Waals surface area (Å²) in [4.78, 5) is 0. The van der Waals surface area contributed by atoms with E-state index in [1.807, 2.05) is 12.1 Å². The minimum Gasteiger partial charge on any atom is -0.397 e. The van der Waals surface area contributed by atoms with Crippen LogP contribution in [0.2, 0.25) is 0 Å². The van der Waals surface area contributed by atoms with Crippen molar-refractivity contribution in [1.29, 1.82) is 0 Å². The average molecular weight is 216 g/mol. The lowest BCUT2D eigenvalue weighted by Gasteiger charge is -2.06. The Bertz CT molecular complexity index is 457. The molecule has 0 aliphatic rings. The third kappa shape index (κ3) is 2.21. The van der Waals surface area contributed by atoms with Gasteiger partial charge in [0.05, 0.1) is 11.2 Å². The van der Waals surface area contributed by atoms with Crippen LogP contribution in [0.4, 0.5) is 5.69 Å².